The number of nitrogens with zero attached hydrogens (tertiary/aromatic N) is 6. The molecule has 6 fully saturated rings. The van der Waals surface area contributed by atoms with Crippen molar-refractivity contribution in [2.45, 2.75) is 222 Å². The fourth-order valence-corrected chi connectivity index (χ4v) is 17.5. The highest BCUT2D eigenvalue weighted by Crippen LogP contribution is 2.35. The third-order valence-electron chi connectivity index (χ3n) is 19.4. The predicted molar refractivity (Wildman–Crippen MR) is 470 cm³/mol. The normalized spacial score (nSPS) is 30.6. The summed E-state index contributed by atoms with van der Waals surface area (Å²) in [5, 5.41) is 0. The fraction of sp³-hybridized carbons (Fsp3) is 0.600. The zero-order valence-corrected chi connectivity index (χ0v) is 70.8. The largest absolute Gasteiger partial charge is 0.303 e. The van der Waals surface area contributed by atoms with Crippen LogP contribution in [0.1, 0.15) is 282 Å². The van der Waals surface area contributed by atoms with Gasteiger partial charge in [0, 0.05) is 127 Å². The van der Waals surface area contributed by atoms with Gasteiger partial charge >= 0.3 is 0 Å². The molecule has 0 bridgehead atoms. The second-order valence-corrected chi connectivity index (χ2v) is 38.1. The molecule has 12 rings (SSSR count). The average Bonchev–Trinajstić information content (AvgIpc) is 0.650. The molecule has 0 aromatic heterocycles. The average molecular weight is 1730 g/mol. The monoisotopic (exact) mass is 1730 g/mol. The maximum Gasteiger partial charge on any atom is 0.175 e. The van der Waals surface area contributed by atoms with Crippen molar-refractivity contribution in [2.24, 2.45) is 0 Å². The number of rotatable bonds is 24. The van der Waals surface area contributed by atoms with Gasteiger partial charge in [0.2, 0.25) is 0 Å². The lowest BCUT2D eigenvalue weighted by Gasteiger charge is -2.32. The van der Waals surface area contributed by atoms with Crippen molar-refractivity contribution in [2.75, 3.05) is 155 Å². The van der Waals surface area contributed by atoms with Crippen molar-refractivity contribution in [3.8, 4) is 0 Å². The van der Waals surface area contributed by atoms with Crippen molar-refractivity contribution in [1.29, 1.82) is 0 Å². The summed E-state index contributed by atoms with van der Waals surface area (Å²) in [6, 6.07) is 25.6. The van der Waals surface area contributed by atoms with Crippen LogP contribution in [0.25, 0.3) is 0 Å². The first-order valence-electron chi connectivity index (χ1n) is 58.4. The molecular formula is C90H138N6O12S6. The molecule has 0 amide bonds. The van der Waals surface area contributed by atoms with Crippen LogP contribution in [0, 0.1) is 0 Å². The van der Waals surface area contributed by atoms with E-state index >= 15 is 0 Å². The summed E-state index contributed by atoms with van der Waals surface area (Å²) >= 11 is 0. The molecule has 18 nitrogen and oxygen atoms in total. The Kier molecular flexibility index (Phi) is 21.2. The summed E-state index contributed by atoms with van der Waals surface area (Å²) < 4.78 is 467. The highest BCUT2D eigenvalue weighted by Gasteiger charge is 2.29. The zero-order chi connectivity index (χ0) is 119. The molecule has 0 radical (unpaired) electrons. The Morgan fingerprint density at radius 1 is 0.377 bits per heavy atom. The highest BCUT2D eigenvalue weighted by molar-refractivity contribution is 7.92. The molecule has 6 heterocycles. The molecule has 5 unspecified atom stereocenters. The first-order chi connectivity index (χ1) is 69.8. The molecule has 0 aliphatic carbocycles. The van der Waals surface area contributed by atoms with Crippen LogP contribution in [0.3, 0.4) is 0 Å². The molecule has 636 valence electrons. The smallest absolute Gasteiger partial charge is 0.175 e. The van der Waals surface area contributed by atoms with Gasteiger partial charge in [0.1, 0.15) is 0 Å². The number of hydrogen-bond acceptors (Lipinski definition) is 18. The minimum absolute atomic E-state index is 0.00266. The molecule has 0 N–H and O–H groups in total. The molecule has 6 aromatic rings. The molecule has 6 atom stereocenters. The number of piperidine rings is 6. The Labute approximate surface area is 747 Å². The molecular weight excluding hydrogens is 1550 g/mol. The molecule has 6 aliphatic rings. The number of hydrogen-bond donors (Lipinski definition) is 0. The van der Waals surface area contributed by atoms with E-state index in [1.54, 1.807) is 78.6 Å². The van der Waals surface area contributed by atoms with Crippen LogP contribution in [-0.2, 0) is 59.0 Å². The van der Waals surface area contributed by atoms with E-state index in [9.17, 15) is 50.5 Å². The Hall–Kier alpha value is -5.22. The number of benzene rings is 6. The van der Waals surface area contributed by atoms with Crippen LogP contribution in [0.4, 0.5) is 0 Å². The Morgan fingerprint density at radius 2 is 0.675 bits per heavy atom. The summed E-state index contributed by atoms with van der Waals surface area (Å²) in [6.45, 7) is -3.28. The van der Waals surface area contributed by atoms with Crippen LogP contribution in [-0.4, -0.2) is 235 Å². The maximum absolute atomic E-state index is 12.8. The standard InChI is InChI=1S/6C15H23NO2S/c6*1-3-9-16-10-5-7-14(12-16)13-6-4-8-15(11-13)19(2,17)18/h6*4,6,8,11,14H,3,5,7,9-10,12H2,1-2H3/t14-;;;;;/m0...../s1/i2D3,3D2,4D,5D2,6D,7D2,8D,9D2,10D2,11D,12D2,14D;2D3,3D2,9D2;3D2,9D2;2D3,9D2;9D2;2D3. The predicted octanol–water partition coefficient (Wildman–Crippen LogP) is 16.1. The lowest BCUT2D eigenvalue weighted by atomic mass is 9.90. The second-order valence-electron chi connectivity index (χ2n) is 28.2. The molecule has 6 aromatic carbocycles. The lowest BCUT2D eigenvalue weighted by Crippen LogP contribution is -2.34. The topological polar surface area (TPSA) is 224 Å². The Balaban J connectivity index is 0.000000254. The molecule has 0 spiro atoms. The van der Waals surface area contributed by atoms with Gasteiger partial charge in [-0.05, 0) is 335 Å². The van der Waals surface area contributed by atoms with Crippen molar-refractivity contribution < 1.29 is 107 Å². The third kappa shape index (κ3) is 32.1. The Bertz CT molecular complexity index is 6630. The van der Waals surface area contributed by atoms with Crippen molar-refractivity contribution >= 4 is 59.0 Å². The van der Waals surface area contributed by atoms with Gasteiger partial charge in [-0.3, -0.25) is 0 Å². The van der Waals surface area contributed by atoms with E-state index in [2.05, 4.69) is 11.8 Å². The van der Waals surface area contributed by atoms with E-state index in [-0.39, 0.29) is 55.7 Å². The van der Waals surface area contributed by atoms with Gasteiger partial charge in [-0.1, -0.05) is 114 Å². The minimum atomic E-state index is -5.78. The van der Waals surface area contributed by atoms with Crippen molar-refractivity contribution in [1.82, 2.24) is 29.4 Å². The van der Waals surface area contributed by atoms with Gasteiger partial charge < -0.3 is 29.4 Å². The van der Waals surface area contributed by atoms with Gasteiger partial charge in [0.25, 0.3) is 0 Å². The fourth-order valence-electron chi connectivity index (χ4n) is 14.1. The van der Waals surface area contributed by atoms with Gasteiger partial charge in [0.15, 0.2) is 59.0 Å². The van der Waals surface area contributed by atoms with Crippen molar-refractivity contribution in [3.05, 3.63) is 179 Å². The van der Waals surface area contributed by atoms with Crippen LogP contribution in [0.2, 0.25) is 0 Å². The first-order valence-corrected chi connectivity index (χ1v) is 47.6. The van der Waals surface area contributed by atoms with Gasteiger partial charge in [0.05, 0.1) is 34.9 Å². The molecule has 0 saturated carbocycles. The van der Waals surface area contributed by atoms with Crippen LogP contribution in [0.5, 0.6) is 0 Å². The van der Waals surface area contributed by atoms with Gasteiger partial charge in [-0.25, -0.2) is 50.5 Å². The molecule has 6 saturated heterocycles. The number of sulfone groups is 6. The summed E-state index contributed by atoms with van der Waals surface area (Å²) in [5.41, 5.74) is 2.35. The van der Waals surface area contributed by atoms with Gasteiger partial charge in [-0.15, -0.1) is 0 Å². The summed E-state index contributed by atoms with van der Waals surface area (Å²) in [4.78, 5) is 6.47. The Morgan fingerprint density at radius 3 is 0.982 bits per heavy atom. The lowest BCUT2D eigenvalue weighted by molar-refractivity contribution is 0.208. The zero-order valence-electron chi connectivity index (χ0n) is 107. The molecule has 6 aliphatic heterocycles. The van der Waals surface area contributed by atoms with Crippen LogP contribution in [0.15, 0.2) is 175 Å². The van der Waals surface area contributed by atoms with Crippen LogP contribution < -0.4 is 0 Å². The van der Waals surface area contributed by atoms with E-state index in [4.69, 9.17) is 56.2 Å². The summed E-state index contributed by atoms with van der Waals surface area (Å²) in [6.07, 6.45) is -16.1. The summed E-state index contributed by atoms with van der Waals surface area (Å²) in [7, 11) is -25.4. The van der Waals surface area contributed by atoms with Gasteiger partial charge in [-0.2, -0.15) is 0 Å². The van der Waals surface area contributed by atoms with E-state index in [1.165, 1.54) is 72.6 Å². The van der Waals surface area contributed by atoms with E-state index in [1.807, 2.05) is 30.0 Å². The summed E-state index contributed by atoms with van der Waals surface area (Å²) in [5.74, 6) is -4.00. The quantitative estimate of drug-likeness (QED) is 0.0549. The molecule has 114 heavy (non-hydrogen) atoms. The van der Waals surface area contributed by atoms with E-state index in [0.717, 1.165) is 106 Å². The van der Waals surface area contributed by atoms with Crippen molar-refractivity contribution in [3.63, 3.8) is 0 Å². The third-order valence-corrected chi connectivity index (χ3v) is 25.0. The van der Waals surface area contributed by atoms with Crippen LogP contribution >= 0.6 is 0 Å². The maximum atomic E-state index is 12.8. The van der Waals surface area contributed by atoms with E-state index < -0.39 is 207 Å². The number of likely N-dealkylation sites (tertiary alicyclic amines) is 6. The van der Waals surface area contributed by atoms with E-state index in [0.29, 0.717) is 82.3 Å². The first kappa shape index (κ1) is 52.1. The SMILES string of the molecule is [2H]C([2H])(C)C([2H])([2H])N1CCCC(c2cccc(S(=O)(=O)C([2H])([2H])[2H])c2)C1.[2H]C([2H])(C)C([2H])([2H])N1CCCC(c2cccc(S(C)(=O)=O)c2)C1.[2H]C([2H])(CC)N1CCCC(c2cccc(S(=O)(=O)C([2H])([2H])[2H])c2)C1.[2H]C([2H])(CC)N1CCCC(c2cccc(S(C)(=O)=O)c2)C1.[2H]C([2H])([2H])S(=O)(=O)c1cccc(C2CCCN(CCC)C2)c1.[2H]c1c([2H])c([C@]2([2H])C([2H])([2H])N(C([2H])([2H])C([2H])([2H])C)C([2H])([2H])C([2H])([2H])C2([2H])[2H])c([2H])c(S(=O)(=O)C([2H])([2H])[2H])c1[2H]. The highest BCUT2D eigenvalue weighted by atomic mass is 32.2. The molecule has 24 heteroatoms. The minimum Gasteiger partial charge on any atom is -0.303 e. The second kappa shape index (κ2) is 46.4.